The molecule has 1 heterocycles. The van der Waals surface area contributed by atoms with E-state index < -0.39 is 18.6 Å². The Morgan fingerprint density at radius 1 is 1.60 bits per heavy atom. The third kappa shape index (κ3) is 2.30. The second-order valence-electron chi connectivity index (χ2n) is 2.72. The Balaban J connectivity index is 3.43. The van der Waals surface area contributed by atoms with E-state index in [1.54, 1.807) is 6.07 Å². The third-order valence-corrected chi connectivity index (χ3v) is 2.46. The Labute approximate surface area is 93.5 Å². The number of aliphatic hydroxyl groups is 1. The van der Waals surface area contributed by atoms with Gasteiger partial charge in [-0.3, -0.25) is 4.98 Å². The van der Waals surface area contributed by atoms with Crippen molar-refractivity contribution in [3.63, 3.8) is 0 Å². The van der Waals surface area contributed by atoms with E-state index in [0.717, 1.165) is 6.20 Å². The topological polar surface area (TPSA) is 56.9 Å². The number of aliphatic hydroxyl groups excluding tert-OH is 1. The summed E-state index contributed by atoms with van der Waals surface area (Å²) in [4.78, 5) is 3.74. The highest BCUT2D eigenvalue weighted by atomic mass is 79.9. The summed E-state index contributed by atoms with van der Waals surface area (Å²) in [5.74, 6) is 0. The molecule has 0 amide bonds. The fraction of sp³-hybridized carbons (Fsp3) is 0.333. The summed E-state index contributed by atoms with van der Waals surface area (Å²) in [5.41, 5.74) is -0.0613. The Kier molecular flexibility index (Phi) is 4.12. The number of pyridine rings is 1. The average molecular weight is 277 g/mol. The molecule has 0 aliphatic rings. The van der Waals surface area contributed by atoms with Crippen LogP contribution in [0, 0.1) is 11.3 Å². The van der Waals surface area contributed by atoms with Crippen LogP contribution < -0.4 is 0 Å². The Morgan fingerprint density at radius 2 is 2.27 bits per heavy atom. The van der Waals surface area contributed by atoms with Gasteiger partial charge in [0.05, 0.1) is 17.9 Å². The number of hydrogen-bond donors (Lipinski definition) is 1. The molecule has 1 N–H and O–H groups in total. The van der Waals surface area contributed by atoms with Crippen LogP contribution in [0.3, 0.4) is 0 Å². The molecule has 0 fully saturated rings. The SMILES string of the molecule is N#Cc1c(CBr)ncc(C(F)F)c1CO. The molecule has 0 aliphatic carbocycles. The van der Waals surface area contributed by atoms with Gasteiger partial charge in [-0.2, -0.15) is 5.26 Å². The zero-order valence-electron chi connectivity index (χ0n) is 7.54. The molecule has 1 rings (SSSR count). The van der Waals surface area contributed by atoms with Crippen LogP contribution in [0.25, 0.3) is 0 Å². The van der Waals surface area contributed by atoms with Crippen molar-refractivity contribution < 1.29 is 13.9 Å². The maximum atomic E-state index is 12.5. The maximum absolute atomic E-state index is 12.5. The lowest BCUT2D eigenvalue weighted by molar-refractivity contribution is 0.146. The summed E-state index contributed by atoms with van der Waals surface area (Å²) < 4.78 is 25.0. The smallest absolute Gasteiger partial charge is 0.265 e. The van der Waals surface area contributed by atoms with E-state index in [1.165, 1.54) is 0 Å². The maximum Gasteiger partial charge on any atom is 0.265 e. The van der Waals surface area contributed by atoms with Gasteiger partial charge in [0, 0.05) is 22.7 Å². The van der Waals surface area contributed by atoms with Gasteiger partial charge < -0.3 is 5.11 Å². The van der Waals surface area contributed by atoms with E-state index in [-0.39, 0.29) is 16.5 Å². The fourth-order valence-electron chi connectivity index (χ4n) is 1.20. The molecule has 0 saturated heterocycles. The van der Waals surface area contributed by atoms with Crippen LogP contribution in [0.1, 0.15) is 28.8 Å². The number of nitrogens with zero attached hydrogens (tertiary/aromatic N) is 2. The molecule has 0 spiro atoms. The number of halogens is 3. The van der Waals surface area contributed by atoms with Gasteiger partial charge in [0.1, 0.15) is 6.07 Å². The quantitative estimate of drug-likeness (QED) is 0.862. The first-order valence-corrected chi connectivity index (χ1v) is 5.13. The summed E-state index contributed by atoms with van der Waals surface area (Å²) >= 11 is 3.09. The van der Waals surface area contributed by atoms with Crippen LogP contribution in [0.15, 0.2) is 6.20 Å². The minimum Gasteiger partial charge on any atom is -0.392 e. The summed E-state index contributed by atoms with van der Waals surface area (Å²) in [7, 11) is 0. The van der Waals surface area contributed by atoms with E-state index in [1.807, 2.05) is 0 Å². The molecule has 0 aliphatic heterocycles. The standard InChI is InChI=1S/C9H7BrF2N2O/c10-1-8-5(2-13)7(4-15)6(3-14-8)9(11)12/h3,9,15H,1,4H2. The highest BCUT2D eigenvalue weighted by Crippen LogP contribution is 2.26. The first kappa shape index (κ1) is 12.0. The zero-order chi connectivity index (χ0) is 11.4. The van der Waals surface area contributed by atoms with Crippen molar-refractivity contribution in [3.8, 4) is 6.07 Å². The zero-order valence-corrected chi connectivity index (χ0v) is 9.13. The van der Waals surface area contributed by atoms with Crippen LogP contribution in [-0.2, 0) is 11.9 Å². The van der Waals surface area contributed by atoms with Crippen molar-refractivity contribution in [2.24, 2.45) is 0 Å². The lowest BCUT2D eigenvalue weighted by atomic mass is 10.0. The predicted molar refractivity (Wildman–Crippen MR) is 52.5 cm³/mol. The van der Waals surface area contributed by atoms with Gasteiger partial charge in [0.2, 0.25) is 0 Å². The molecule has 3 nitrogen and oxygen atoms in total. The minimum atomic E-state index is -2.74. The molecule has 0 aromatic carbocycles. The van der Waals surface area contributed by atoms with Gasteiger partial charge in [0.25, 0.3) is 6.43 Å². The van der Waals surface area contributed by atoms with E-state index in [2.05, 4.69) is 20.9 Å². The van der Waals surface area contributed by atoms with Gasteiger partial charge >= 0.3 is 0 Å². The molecule has 80 valence electrons. The third-order valence-electron chi connectivity index (χ3n) is 1.93. The summed E-state index contributed by atoms with van der Waals surface area (Å²) in [6, 6.07) is 1.78. The van der Waals surface area contributed by atoms with E-state index in [9.17, 15) is 8.78 Å². The highest BCUT2D eigenvalue weighted by Gasteiger charge is 2.19. The largest absolute Gasteiger partial charge is 0.392 e. The monoisotopic (exact) mass is 276 g/mol. The second-order valence-corrected chi connectivity index (χ2v) is 3.28. The average Bonchev–Trinajstić information content (AvgIpc) is 2.26. The van der Waals surface area contributed by atoms with Crippen LogP contribution in [0.5, 0.6) is 0 Å². The van der Waals surface area contributed by atoms with Crippen LogP contribution in [0.2, 0.25) is 0 Å². The van der Waals surface area contributed by atoms with Crippen LogP contribution in [-0.4, -0.2) is 10.1 Å². The number of aromatic nitrogens is 1. The van der Waals surface area contributed by atoms with Crippen molar-refractivity contribution in [1.29, 1.82) is 5.26 Å². The van der Waals surface area contributed by atoms with Gasteiger partial charge in [-0.25, -0.2) is 8.78 Å². The molecule has 0 bridgehead atoms. The summed E-state index contributed by atoms with van der Waals surface area (Å²) in [6.45, 7) is -0.592. The number of hydrogen-bond acceptors (Lipinski definition) is 3. The molecular weight excluding hydrogens is 270 g/mol. The van der Waals surface area contributed by atoms with Crippen molar-refractivity contribution >= 4 is 15.9 Å². The molecule has 0 atom stereocenters. The second kappa shape index (κ2) is 5.14. The minimum absolute atomic E-state index is 0.0205. The first-order valence-electron chi connectivity index (χ1n) is 4.01. The van der Waals surface area contributed by atoms with Crippen molar-refractivity contribution in [3.05, 3.63) is 28.6 Å². The van der Waals surface area contributed by atoms with Crippen LogP contribution in [0.4, 0.5) is 8.78 Å². The molecule has 0 radical (unpaired) electrons. The Hall–Kier alpha value is -1.06. The number of alkyl halides is 3. The van der Waals surface area contributed by atoms with Gasteiger partial charge in [-0.1, -0.05) is 15.9 Å². The van der Waals surface area contributed by atoms with Crippen molar-refractivity contribution in [2.45, 2.75) is 18.4 Å². The number of nitriles is 1. The lowest BCUT2D eigenvalue weighted by Gasteiger charge is -2.10. The predicted octanol–water partition coefficient (Wildman–Crippen LogP) is 2.28. The van der Waals surface area contributed by atoms with Crippen LogP contribution >= 0.6 is 15.9 Å². The molecular formula is C9H7BrF2N2O. The summed E-state index contributed by atoms with van der Waals surface area (Å²) in [5, 5.41) is 18.1. The summed E-state index contributed by atoms with van der Waals surface area (Å²) in [6.07, 6.45) is -1.75. The van der Waals surface area contributed by atoms with Crippen molar-refractivity contribution in [2.75, 3.05) is 0 Å². The van der Waals surface area contributed by atoms with E-state index >= 15 is 0 Å². The normalized spacial score (nSPS) is 10.4. The molecule has 1 aromatic rings. The van der Waals surface area contributed by atoms with Gasteiger partial charge in [0.15, 0.2) is 0 Å². The van der Waals surface area contributed by atoms with Crippen molar-refractivity contribution in [1.82, 2.24) is 4.98 Å². The van der Waals surface area contributed by atoms with Gasteiger partial charge in [-0.15, -0.1) is 0 Å². The Morgan fingerprint density at radius 3 is 2.67 bits per heavy atom. The first-order chi connectivity index (χ1) is 7.15. The lowest BCUT2D eigenvalue weighted by Crippen LogP contribution is -2.04. The molecule has 6 heteroatoms. The number of rotatable bonds is 3. The van der Waals surface area contributed by atoms with Gasteiger partial charge in [-0.05, 0) is 0 Å². The molecule has 1 aromatic heterocycles. The van der Waals surface area contributed by atoms with E-state index in [4.69, 9.17) is 10.4 Å². The molecule has 0 saturated carbocycles. The molecule has 15 heavy (non-hydrogen) atoms. The fourth-order valence-corrected chi connectivity index (χ4v) is 1.63. The molecule has 0 unspecified atom stereocenters. The highest BCUT2D eigenvalue weighted by molar-refractivity contribution is 9.08. The van der Waals surface area contributed by atoms with E-state index in [0.29, 0.717) is 5.69 Å². The Bertz CT molecular complexity index is 404.